The van der Waals surface area contributed by atoms with E-state index in [9.17, 15) is 23.6 Å². The molecule has 4 rings (SSSR count). The monoisotopic (exact) mass is 496 g/mol. The highest BCUT2D eigenvalue weighted by Gasteiger charge is 2.23. The molecule has 34 heavy (non-hydrogen) atoms. The average molecular weight is 497 g/mol. The van der Waals surface area contributed by atoms with Crippen molar-refractivity contribution in [2.75, 3.05) is 10.1 Å². The van der Waals surface area contributed by atoms with Gasteiger partial charge >= 0.3 is 0 Å². The number of halogens is 1. The fraction of sp³-hybridized carbons (Fsp3) is 0. The number of nitrogens with zero attached hydrogens (tertiary/aromatic N) is 2. The molecule has 0 aliphatic carbocycles. The summed E-state index contributed by atoms with van der Waals surface area (Å²) in [7, 11) is -4.23. The molecule has 0 fully saturated rings. The molecule has 172 valence electrons. The number of nitro groups is 1. The highest BCUT2D eigenvalue weighted by Crippen LogP contribution is 2.29. The van der Waals surface area contributed by atoms with Crippen LogP contribution in [0.15, 0.2) is 88.9 Å². The summed E-state index contributed by atoms with van der Waals surface area (Å²) in [5, 5.41) is 27.6. The molecule has 0 heterocycles. The van der Waals surface area contributed by atoms with Crippen molar-refractivity contribution in [3.8, 4) is 5.75 Å². The van der Waals surface area contributed by atoms with E-state index >= 15 is 0 Å². The minimum Gasteiger partial charge on any atom is -0.507 e. The van der Waals surface area contributed by atoms with Crippen LogP contribution < -0.4 is 10.1 Å². The minimum atomic E-state index is -4.23. The van der Waals surface area contributed by atoms with E-state index in [-0.39, 0.29) is 22.0 Å². The Morgan fingerprint density at radius 2 is 1.74 bits per heavy atom. The van der Waals surface area contributed by atoms with Gasteiger partial charge in [-0.15, -0.1) is 0 Å². The van der Waals surface area contributed by atoms with Crippen LogP contribution in [0.1, 0.15) is 5.56 Å². The molecule has 4 aromatic rings. The molecule has 0 saturated carbocycles. The third-order valence-corrected chi connectivity index (χ3v) is 6.56. The second-order valence-electron chi connectivity index (χ2n) is 7.14. The van der Waals surface area contributed by atoms with Gasteiger partial charge in [0.15, 0.2) is 0 Å². The molecular weight excluding hydrogens is 480 g/mol. The molecular formula is C23H17ClN4O5S. The van der Waals surface area contributed by atoms with Crippen molar-refractivity contribution < 1.29 is 18.4 Å². The summed E-state index contributed by atoms with van der Waals surface area (Å²) in [5.74, 6) is -0.00907. The predicted octanol–water partition coefficient (Wildman–Crippen LogP) is 5.35. The van der Waals surface area contributed by atoms with Gasteiger partial charge in [-0.05, 0) is 47.2 Å². The van der Waals surface area contributed by atoms with Crippen LogP contribution in [0.5, 0.6) is 5.75 Å². The molecule has 0 aliphatic heterocycles. The lowest BCUT2D eigenvalue weighted by molar-refractivity contribution is -0.385. The van der Waals surface area contributed by atoms with Gasteiger partial charge in [-0.3, -0.25) is 20.3 Å². The van der Waals surface area contributed by atoms with Crippen LogP contribution in [0.25, 0.3) is 10.8 Å². The molecule has 0 radical (unpaired) electrons. The number of nitrogens with one attached hydrogen (secondary N) is 2. The van der Waals surface area contributed by atoms with E-state index < -0.39 is 20.6 Å². The lowest BCUT2D eigenvalue weighted by Crippen LogP contribution is -2.15. The van der Waals surface area contributed by atoms with Crippen molar-refractivity contribution in [2.45, 2.75) is 4.90 Å². The van der Waals surface area contributed by atoms with Crippen LogP contribution in [-0.4, -0.2) is 24.7 Å². The Bertz CT molecular complexity index is 1520. The minimum absolute atomic E-state index is 0.00281. The Kier molecular flexibility index (Phi) is 6.35. The highest BCUT2D eigenvalue weighted by atomic mass is 35.5. The Morgan fingerprint density at radius 3 is 2.47 bits per heavy atom. The largest absolute Gasteiger partial charge is 0.507 e. The molecule has 11 heteroatoms. The number of benzene rings is 4. The fourth-order valence-electron chi connectivity index (χ4n) is 3.25. The van der Waals surface area contributed by atoms with Crippen LogP contribution in [0, 0.1) is 10.1 Å². The zero-order chi connectivity index (χ0) is 24.3. The Morgan fingerprint density at radius 1 is 1.00 bits per heavy atom. The zero-order valence-electron chi connectivity index (χ0n) is 17.3. The van der Waals surface area contributed by atoms with Crippen molar-refractivity contribution in [2.24, 2.45) is 5.10 Å². The Balaban J connectivity index is 1.69. The molecule has 0 saturated heterocycles. The predicted molar refractivity (Wildman–Crippen MR) is 132 cm³/mol. The Labute approximate surface area is 199 Å². The van der Waals surface area contributed by atoms with E-state index in [4.69, 9.17) is 11.6 Å². The first kappa shape index (κ1) is 23.0. The van der Waals surface area contributed by atoms with E-state index in [1.165, 1.54) is 42.6 Å². The second-order valence-corrected chi connectivity index (χ2v) is 9.23. The van der Waals surface area contributed by atoms with Crippen molar-refractivity contribution in [3.05, 3.63) is 99.6 Å². The third kappa shape index (κ3) is 4.92. The van der Waals surface area contributed by atoms with Gasteiger partial charge in [0.05, 0.1) is 16.8 Å². The molecule has 0 spiro atoms. The third-order valence-electron chi connectivity index (χ3n) is 4.89. The first-order valence-corrected chi connectivity index (χ1v) is 11.7. The van der Waals surface area contributed by atoms with Gasteiger partial charge in [-0.1, -0.05) is 41.9 Å². The normalized spacial score (nSPS) is 11.6. The quantitative estimate of drug-likeness (QED) is 0.179. The summed E-state index contributed by atoms with van der Waals surface area (Å²) in [6.07, 6.45) is 1.35. The number of phenols is 1. The van der Waals surface area contributed by atoms with Crippen LogP contribution in [0.2, 0.25) is 5.02 Å². The topological polar surface area (TPSA) is 134 Å². The molecule has 0 aromatic heterocycles. The van der Waals surface area contributed by atoms with Crippen molar-refractivity contribution >= 4 is 55.7 Å². The van der Waals surface area contributed by atoms with E-state index in [0.717, 1.165) is 22.9 Å². The van der Waals surface area contributed by atoms with E-state index in [1.54, 1.807) is 6.07 Å². The molecule has 3 N–H and O–H groups in total. The smallest absolute Gasteiger partial charge is 0.270 e. The number of nitro benzene ring substituents is 1. The number of phenolic OH excluding ortho intramolecular Hbond substituents is 1. The maximum atomic E-state index is 13.0. The lowest BCUT2D eigenvalue weighted by Gasteiger charge is -2.12. The molecule has 0 atom stereocenters. The number of hydrazone groups is 1. The highest BCUT2D eigenvalue weighted by molar-refractivity contribution is 7.92. The number of hydrogen-bond donors (Lipinski definition) is 3. The van der Waals surface area contributed by atoms with Crippen LogP contribution >= 0.6 is 11.6 Å². The summed E-state index contributed by atoms with van der Waals surface area (Å²) in [6, 6.07) is 19.9. The number of anilines is 2. The number of rotatable bonds is 7. The van der Waals surface area contributed by atoms with Gasteiger partial charge in [0.25, 0.3) is 15.7 Å². The summed E-state index contributed by atoms with van der Waals surface area (Å²) < 4.78 is 28.5. The van der Waals surface area contributed by atoms with Crippen molar-refractivity contribution in [3.63, 3.8) is 0 Å². The van der Waals surface area contributed by atoms with Crippen LogP contribution in [0.3, 0.4) is 0 Å². The summed E-state index contributed by atoms with van der Waals surface area (Å²) in [4.78, 5) is 10.2. The number of fused-ring (bicyclic) bond motifs is 1. The number of sulfonamides is 1. The van der Waals surface area contributed by atoms with Crippen molar-refractivity contribution in [1.29, 1.82) is 0 Å². The SMILES string of the molecule is O=[N+]([O-])c1ccc(NN=Cc2c(O)ccc3ccccc23)c(S(=O)(=O)Nc2ccc(Cl)cc2)c1. The standard InChI is InChI=1S/C23H17ClN4O5S/c24-16-6-8-17(9-7-16)27-34(32,33)23-13-18(28(30)31)10-11-21(23)26-25-14-20-19-4-2-1-3-15(19)5-12-22(20)29/h1-14,26-27,29H. The van der Waals surface area contributed by atoms with Crippen molar-refractivity contribution in [1.82, 2.24) is 0 Å². The molecule has 4 aromatic carbocycles. The van der Waals surface area contributed by atoms with Gasteiger partial charge in [-0.25, -0.2) is 8.42 Å². The second kappa shape index (κ2) is 9.38. The molecule has 9 nitrogen and oxygen atoms in total. The van der Waals surface area contributed by atoms with Crippen LogP contribution in [-0.2, 0) is 10.0 Å². The summed E-state index contributed by atoms with van der Waals surface area (Å²) in [6.45, 7) is 0. The van der Waals surface area contributed by atoms with E-state index in [1.807, 2.05) is 24.3 Å². The lowest BCUT2D eigenvalue weighted by atomic mass is 10.0. The number of non-ortho nitro benzene ring substituents is 1. The van der Waals surface area contributed by atoms with Gasteiger partial charge in [-0.2, -0.15) is 5.10 Å². The molecule has 0 bridgehead atoms. The zero-order valence-corrected chi connectivity index (χ0v) is 18.9. The Hall–Kier alpha value is -4.15. The molecule has 0 amide bonds. The maximum Gasteiger partial charge on any atom is 0.270 e. The average Bonchev–Trinajstić information content (AvgIpc) is 2.82. The number of aromatic hydroxyl groups is 1. The summed E-state index contributed by atoms with van der Waals surface area (Å²) in [5.41, 5.74) is 2.87. The van der Waals surface area contributed by atoms with Crippen LogP contribution in [0.4, 0.5) is 17.1 Å². The molecule has 0 aliphatic rings. The number of hydrogen-bond acceptors (Lipinski definition) is 7. The van der Waals surface area contributed by atoms with E-state index in [0.29, 0.717) is 10.6 Å². The first-order chi connectivity index (χ1) is 16.2. The fourth-order valence-corrected chi connectivity index (χ4v) is 4.61. The summed E-state index contributed by atoms with van der Waals surface area (Å²) >= 11 is 5.84. The maximum absolute atomic E-state index is 13.0. The van der Waals surface area contributed by atoms with Gasteiger partial charge in [0.2, 0.25) is 0 Å². The van der Waals surface area contributed by atoms with Gasteiger partial charge in [0, 0.05) is 28.4 Å². The van der Waals surface area contributed by atoms with Gasteiger partial charge < -0.3 is 5.11 Å². The van der Waals surface area contributed by atoms with Gasteiger partial charge in [0.1, 0.15) is 10.6 Å². The molecule has 0 unspecified atom stereocenters. The first-order valence-electron chi connectivity index (χ1n) is 9.81. The van der Waals surface area contributed by atoms with E-state index in [2.05, 4.69) is 15.2 Å².